The zero-order valence-electron chi connectivity index (χ0n) is 20.2. The van der Waals surface area contributed by atoms with Crippen molar-refractivity contribution in [2.24, 2.45) is 5.92 Å². The summed E-state index contributed by atoms with van der Waals surface area (Å²) in [6.07, 6.45) is 2.25. The van der Waals surface area contributed by atoms with Crippen molar-refractivity contribution in [2.75, 3.05) is 41.0 Å². The number of likely N-dealkylation sites (tertiary alicyclic amines) is 1. The van der Waals surface area contributed by atoms with Crippen molar-refractivity contribution in [1.82, 2.24) is 10.2 Å². The first kappa shape index (κ1) is 23.9. The molecule has 1 N–H and O–H groups in total. The number of hydrogen-bond acceptors (Lipinski definition) is 5. The molecule has 3 rings (SSSR count). The molecule has 0 aliphatic carbocycles. The molecule has 2 unspecified atom stereocenters. The second-order valence-corrected chi connectivity index (χ2v) is 8.60. The highest BCUT2D eigenvalue weighted by Crippen LogP contribution is 2.32. The third-order valence-electron chi connectivity index (χ3n) is 6.71. The molecule has 2 atom stereocenters. The Kier molecular flexibility index (Phi) is 8.02. The minimum absolute atomic E-state index is 0.103. The lowest BCUT2D eigenvalue weighted by atomic mass is 9.92. The number of piperidine rings is 1. The number of nitrogens with zero attached hydrogens (tertiary/aromatic N) is 1. The maximum atomic E-state index is 12.8. The first-order valence-corrected chi connectivity index (χ1v) is 11.3. The molecule has 1 fully saturated rings. The Bertz CT molecular complexity index is 921. The van der Waals surface area contributed by atoms with Crippen LogP contribution < -0.4 is 19.5 Å². The van der Waals surface area contributed by atoms with E-state index in [-0.39, 0.29) is 5.91 Å². The topological polar surface area (TPSA) is 60.0 Å². The molecule has 0 aromatic heterocycles. The summed E-state index contributed by atoms with van der Waals surface area (Å²) < 4.78 is 16.0. The summed E-state index contributed by atoms with van der Waals surface area (Å²) in [5, 5.41) is 3.11. The summed E-state index contributed by atoms with van der Waals surface area (Å²) in [6, 6.07) is 9.82. The van der Waals surface area contributed by atoms with Gasteiger partial charge in [-0.05, 0) is 81.0 Å². The number of rotatable bonds is 8. The van der Waals surface area contributed by atoms with Gasteiger partial charge >= 0.3 is 0 Å². The Morgan fingerprint density at radius 2 is 1.75 bits per heavy atom. The molecule has 32 heavy (non-hydrogen) atoms. The van der Waals surface area contributed by atoms with Crippen molar-refractivity contribution < 1.29 is 19.0 Å². The zero-order valence-corrected chi connectivity index (χ0v) is 20.2. The van der Waals surface area contributed by atoms with Crippen molar-refractivity contribution in [3.8, 4) is 17.2 Å². The van der Waals surface area contributed by atoms with Crippen LogP contribution >= 0.6 is 0 Å². The molecule has 0 bridgehead atoms. The molecule has 6 nitrogen and oxygen atoms in total. The highest BCUT2D eigenvalue weighted by molar-refractivity contribution is 5.95. The maximum absolute atomic E-state index is 12.8. The molecule has 2 aromatic rings. The lowest BCUT2D eigenvalue weighted by Gasteiger charge is -2.38. The van der Waals surface area contributed by atoms with Gasteiger partial charge in [-0.3, -0.25) is 9.69 Å². The minimum Gasteiger partial charge on any atom is -0.497 e. The van der Waals surface area contributed by atoms with Gasteiger partial charge in [-0.1, -0.05) is 6.07 Å². The number of nitrogens with one attached hydrogen (secondary N) is 1. The molecule has 1 saturated heterocycles. The fourth-order valence-corrected chi connectivity index (χ4v) is 4.58. The van der Waals surface area contributed by atoms with Crippen LogP contribution in [0, 0.1) is 19.8 Å². The minimum atomic E-state index is -0.103. The van der Waals surface area contributed by atoms with Crippen LogP contribution in [0.25, 0.3) is 0 Å². The molecule has 0 saturated carbocycles. The van der Waals surface area contributed by atoms with Gasteiger partial charge in [-0.2, -0.15) is 0 Å². The Balaban J connectivity index is 1.63. The van der Waals surface area contributed by atoms with Crippen molar-refractivity contribution in [3.63, 3.8) is 0 Å². The third-order valence-corrected chi connectivity index (χ3v) is 6.71. The summed E-state index contributed by atoms with van der Waals surface area (Å²) in [5.41, 5.74) is 4.38. The molecule has 2 aromatic carbocycles. The number of ether oxygens (including phenoxy) is 3. The third kappa shape index (κ3) is 5.36. The van der Waals surface area contributed by atoms with Crippen LogP contribution in [-0.2, 0) is 0 Å². The number of hydrogen-bond donors (Lipinski definition) is 1. The summed E-state index contributed by atoms with van der Waals surface area (Å²) in [7, 11) is 4.89. The monoisotopic (exact) mass is 440 g/mol. The Labute approximate surface area is 191 Å². The second-order valence-electron chi connectivity index (χ2n) is 8.60. The fraction of sp³-hybridized carbons (Fsp3) is 0.500. The maximum Gasteiger partial charge on any atom is 0.251 e. The number of methoxy groups -OCH3 is 3. The molecule has 6 heteroatoms. The molecule has 1 aliphatic rings. The van der Waals surface area contributed by atoms with Crippen LogP contribution in [-0.4, -0.2) is 51.8 Å². The van der Waals surface area contributed by atoms with Crippen LogP contribution in [0.1, 0.15) is 52.9 Å². The summed E-state index contributed by atoms with van der Waals surface area (Å²) >= 11 is 0. The number of carbonyl (C=O) groups excluding carboxylic acids is 1. The molecular formula is C26H36N2O4. The van der Waals surface area contributed by atoms with Crippen molar-refractivity contribution >= 4 is 5.91 Å². The smallest absolute Gasteiger partial charge is 0.251 e. The van der Waals surface area contributed by atoms with Gasteiger partial charge in [-0.15, -0.1) is 0 Å². The predicted octanol–water partition coefficient (Wildman–Crippen LogP) is 4.53. The normalized spacial score (nSPS) is 17.5. The SMILES string of the molecule is COc1cc(OC)cc(C(=O)NCC2CCCN(C(C)c3ccc(OC)c(C)c3C)C2)c1. The Morgan fingerprint density at radius 1 is 1.06 bits per heavy atom. The molecular weight excluding hydrogens is 404 g/mol. The first-order valence-electron chi connectivity index (χ1n) is 11.3. The van der Waals surface area contributed by atoms with E-state index >= 15 is 0 Å². The zero-order chi connectivity index (χ0) is 23.3. The van der Waals surface area contributed by atoms with Crippen LogP contribution in [0.4, 0.5) is 0 Å². The van der Waals surface area contributed by atoms with Gasteiger partial charge in [0, 0.05) is 30.8 Å². The molecule has 1 amide bonds. The van der Waals surface area contributed by atoms with Gasteiger partial charge in [0.2, 0.25) is 0 Å². The molecule has 1 heterocycles. The van der Waals surface area contributed by atoms with E-state index in [1.54, 1.807) is 39.5 Å². The van der Waals surface area contributed by atoms with Gasteiger partial charge in [-0.25, -0.2) is 0 Å². The van der Waals surface area contributed by atoms with Gasteiger partial charge in [0.1, 0.15) is 17.2 Å². The van der Waals surface area contributed by atoms with Crippen molar-refractivity contribution in [3.05, 3.63) is 52.6 Å². The van der Waals surface area contributed by atoms with Crippen molar-refractivity contribution in [2.45, 2.75) is 39.7 Å². The number of benzene rings is 2. The lowest BCUT2D eigenvalue weighted by molar-refractivity contribution is 0.0916. The van der Waals surface area contributed by atoms with Crippen molar-refractivity contribution in [1.29, 1.82) is 0 Å². The van der Waals surface area contributed by atoms with E-state index in [0.717, 1.165) is 31.7 Å². The average molecular weight is 441 g/mol. The Hall–Kier alpha value is -2.73. The predicted molar refractivity (Wildman–Crippen MR) is 127 cm³/mol. The van der Waals surface area contributed by atoms with Gasteiger partial charge in [0.15, 0.2) is 0 Å². The molecule has 174 valence electrons. The molecule has 0 spiro atoms. The standard InChI is InChI=1S/C26H36N2O4/c1-17-18(2)25(32-6)10-9-24(17)19(3)28-11-7-8-20(16-28)15-27-26(29)21-12-22(30-4)14-23(13-21)31-5/h9-10,12-14,19-20H,7-8,11,15-16H2,1-6H3,(H,27,29). The first-order chi connectivity index (χ1) is 15.4. The van der Waals surface area contributed by atoms with Crippen LogP contribution in [0.3, 0.4) is 0 Å². The van der Waals surface area contributed by atoms with E-state index in [1.165, 1.54) is 16.7 Å². The average Bonchev–Trinajstić information content (AvgIpc) is 2.83. The van der Waals surface area contributed by atoms with E-state index in [0.29, 0.717) is 35.6 Å². The number of amides is 1. The Morgan fingerprint density at radius 3 is 2.38 bits per heavy atom. The van der Waals surface area contributed by atoms with E-state index in [4.69, 9.17) is 14.2 Å². The van der Waals surface area contributed by atoms with Crippen LogP contribution in [0.2, 0.25) is 0 Å². The second kappa shape index (κ2) is 10.7. The van der Waals surface area contributed by atoms with Gasteiger partial charge in [0.25, 0.3) is 5.91 Å². The largest absolute Gasteiger partial charge is 0.497 e. The summed E-state index contributed by atoms with van der Waals surface area (Å²) in [6.45, 7) is 9.26. The fourth-order valence-electron chi connectivity index (χ4n) is 4.58. The van der Waals surface area contributed by atoms with E-state index in [1.807, 2.05) is 0 Å². The van der Waals surface area contributed by atoms with E-state index in [9.17, 15) is 4.79 Å². The summed E-state index contributed by atoms with van der Waals surface area (Å²) in [4.78, 5) is 15.3. The van der Waals surface area contributed by atoms with Gasteiger partial charge < -0.3 is 19.5 Å². The van der Waals surface area contributed by atoms with Crippen LogP contribution in [0.15, 0.2) is 30.3 Å². The quantitative estimate of drug-likeness (QED) is 0.653. The molecule has 0 radical (unpaired) electrons. The van der Waals surface area contributed by atoms with Crippen LogP contribution in [0.5, 0.6) is 17.2 Å². The van der Waals surface area contributed by atoms with E-state index in [2.05, 4.69) is 43.1 Å². The summed E-state index contributed by atoms with van der Waals surface area (Å²) in [5.74, 6) is 2.47. The lowest BCUT2D eigenvalue weighted by Crippen LogP contribution is -2.42. The number of carbonyl (C=O) groups is 1. The van der Waals surface area contributed by atoms with Gasteiger partial charge in [0.05, 0.1) is 21.3 Å². The molecule has 1 aliphatic heterocycles. The van der Waals surface area contributed by atoms with E-state index < -0.39 is 0 Å². The highest BCUT2D eigenvalue weighted by atomic mass is 16.5. The highest BCUT2D eigenvalue weighted by Gasteiger charge is 2.26.